The molecule has 0 bridgehead atoms. The highest BCUT2D eigenvalue weighted by Crippen LogP contribution is 2.41. The molecular formula is C15H15NO3. The molecule has 3 rings (SSSR count). The first-order chi connectivity index (χ1) is 9.19. The van der Waals surface area contributed by atoms with E-state index in [0.717, 1.165) is 28.5 Å². The molecule has 0 saturated heterocycles. The van der Waals surface area contributed by atoms with Crippen molar-refractivity contribution in [1.29, 1.82) is 0 Å². The molecule has 19 heavy (non-hydrogen) atoms. The summed E-state index contributed by atoms with van der Waals surface area (Å²) in [6.07, 6.45) is 0. The molecule has 0 fully saturated rings. The van der Waals surface area contributed by atoms with Crippen molar-refractivity contribution in [2.24, 2.45) is 0 Å². The maximum absolute atomic E-state index is 5.42. The van der Waals surface area contributed by atoms with Crippen LogP contribution in [0.4, 0.5) is 0 Å². The van der Waals surface area contributed by atoms with Crippen LogP contribution in [0.2, 0.25) is 0 Å². The lowest BCUT2D eigenvalue weighted by atomic mass is 10.1. The van der Waals surface area contributed by atoms with Crippen molar-refractivity contribution in [2.75, 3.05) is 13.9 Å². The summed E-state index contributed by atoms with van der Waals surface area (Å²) in [6, 6.07) is 7.80. The highest BCUT2D eigenvalue weighted by atomic mass is 16.7. The average Bonchev–Trinajstić information content (AvgIpc) is 2.87. The molecule has 2 heterocycles. The highest BCUT2D eigenvalue weighted by molar-refractivity contribution is 5.72. The summed E-state index contributed by atoms with van der Waals surface area (Å²) in [5.74, 6) is 2.18. The van der Waals surface area contributed by atoms with Gasteiger partial charge in [0.05, 0.1) is 12.8 Å². The molecule has 0 N–H and O–H groups in total. The predicted molar refractivity (Wildman–Crippen MR) is 71.8 cm³/mol. The van der Waals surface area contributed by atoms with Gasteiger partial charge in [0.15, 0.2) is 11.5 Å². The minimum atomic E-state index is 0.252. The number of pyridine rings is 1. The molecule has 0 amide bonds. The number of ether oxygens (including phenoxy) is 3. The Morgan fingerprint density at radius 3 is 2.53 bits per heavy atom. The quantitative estimate of drug-likeness (QED) is 0.829. The molecule has 0 radical (unpaired) electrons. The normalized spacial score (nSPS) is 12.6. The van der Waals surface area contributed by atoms with Gasteiger partial charge >= 0.3 is 0 Å². The molecule has 0 aliphatic carbocycles. The number of hydrogen-bond donors (Lipinski definition) is 0. The fourth-order valence-electron chi connectivity index (χ4n) is 2.07. The van der Waals surface area contributed by atoms with Crippen LogP contribution in [0.3, 0.4) is 0 Å². The first-order valence-electron chi connectivity index (χ1n) is 6.11. The van der Waals surface area contributed by atoms with E-state index in [4.69, 9.17) is 14.2 Å². The first kappa shape index (κ1) is 11.8. The number of hydrogen-bond acceptors (Lipinski definition) is 4. The number of benzene rings is 1. The maximum atomic E-state index is 5.42. The van der Waals surface area contributed by atoms with Gasteiger partial charge in [-0.05, 0) is 31.5 Å². The van der Waals surface area contributed by atoms with Gasteiger partial charge in [-0.2, -0.15) is 0 Å². The SMILES string of the molecule is COc1cc2c(cc1-c1ccc(C)c(C)n1)OCO2. The van der Waals surface area contributed by atoms with Crippen molar-refractivity contribution in [2.45, 2.75) is 13.8 Å². The fraction of sp³-hybridized carbons (Fsp3) is 0.267. The minimum absolute atomic E-state index is 0.252. The van der Waals surface area contributed by atoms with Crippen LogP contribution in [0, 0.1) is 13.8 Å². The Labute approximate surface area is 112 Å². The van der Waals surface area contributed by atoms with E-state index in [1.165, 1.54) is 5.56 Å². The summed E-state index contributed by atoms with van der Waals surface area (Å²) >= 11 is 0. The van der Waals surface area contributed by atoms with Crippen LogP contribution in [-0.4, -0.2) is 18.9 Å². The number of methoxy groups -OCH3 is 1. The third-order valence-electron chi connectivity index (χ3n) is 3.32. The fourth-order valence-corrected chi connectivity index (χ4v) is 2.07. The van der Waals surface area contributed by atoms with Crippen molar-refractivity contribution in [3.63, 3.8) is 0 Å². The van der Waals surface area contributed by atoms with Gasteiger partial charge in [0.2, 0.25) is 6.79 Å². The van der Waals surface area contributed by atoms with Gasteiger partial charge in [-0.1, -0.05) is 6.07 Å². The van der Waals surface area contributed by atoms with Crippen LogP contribution in [0.25, 0.3) is 11.3 Å². The molecule has 1 aromatic heterocycles. The molecular weight excluding hydrogens is 242 g/mol. The number of aromatic nitrogens is 1. The van der Waals surface area contributed by atoms with Gasteiger partial charge in [0, 0.05) is 17.3 Å². The molecule has 0 atom stereocenters. The molecule has 0 saturated carbocycles. The van der Waals surface area contributed by atoms with Crippen LogP contribution in [-0.2, 0) is 0 Å². The lowest BCUT2D eigenvalue weighted by molar-refractivity contribution is 0.174. The summed E-state index contributed by atoms with van der Waals surface area (Å²) in [4.78, 5) is 4.60. The van der Waals surface area contributed by atoms with Crippen molar-refractivity contribution in [1.82, 2.24) is 4.98 Å². The van der Waals surface area contributed by atoms with E-state index in [1.54, 1.807) is 7.11 Å². The summed E-state index contributed by atoms with van der Waals surface area (Å²) in [6.45, 7) is 4.30. The van der Waals surface area contributed by atoms with E-state index in [-0.39, 0.29) is 6.79 Å². The Balaban J connectivity index is 2.15. The predicted octanol–water partition coefficient (Wildman–Crippen LogP) is 3.10. The summed E-state index contributed by atoms with van der Waals surface area (Å²) in [5.41, 5.74) is 3.97. The van der Waals surface area contributed by atoms with Crippen LogP contribution >= 0.6 is 0 Å². The average molecular weight is 257 g/mol. The number of aryl methyl sites for hydroxylation is 2. The Kier molecular flexibility index (Phi) is 2.78. The number of fused-ring (bicyclic) bond motifs is 1. The third-order valence-corrected chi connectivity index (χ3v) is 3.32. The zero-order valence-corrected chi connectivity index (χ0v) is 11.2. The topological polar surface area (TPSA) is 40.6 Å². The molecule has 0 unspecified atom stereocenters. The number of nitrogens with zero attached hydrogens (tertiary/aromatic N) is 1. The van der Waals surface area contributed by atoms with Crippen molar-refractivity contribution >= 4 is 0 Å². The smallest absolute Gasteiger partial charge is 0.231 e. The van der Waals surface area contributed by atoms with Gasteiger partial charge in [0.25, 0.3) is 0 Å². The van der Waals surface area contributed by atoms with Gasteiger partial charge in [-0.15, -0.1) is 0 Å². The van der Waals surface area contributed by atoms with E-state index in [9.17, 15) is 0 Å². The van der Waals surface area contributed by atoms with Crippen LogP contribution in [0.1, 0.15) is 11.3 Å². The summed E-state index contributed by atoms with van der Waals surface area (Å²) in [7, 11) is 1.64. The minimum Gasteiger partial charge on any atom is -0.496 e. The second kappa shape index (κ2) is 4.46. The van der Waals surface area contributed by atoms with Gasteiger partial charge < -0.3 is 14.2 Å². The van der Waals surface area contributed by atoms with Gasteiger partial charge in [-0.25, -0.2) is 0 Å². The first-order valence-corrected chi connectivity index (χ1v) is 6.11. The second-order valence-corrected chi connectivity index (χ2v) is 4.50. The van der Waals surface area contributed by atoms with E-state index < -0.39 is 0 Å². The lowest BCUT2D eigenvalue weighted by Crippen LogP contribution is -1.93. The second-order valence-electron chi connectivity index (χ2n) is 4.50. The molecule has 1 aliphatic rings. The monoisotopic (exact) mass is 257 g/mol. The Bertz CT molecular complexity index is 638. The van der Waals surface area contributed by atoms with Crippen molar-refractivity contribution < 1.29 is 14.2 Å². The lowest BCUT2D eigenvalue weighted by Gasteiger charge is -2.10. The molecule has 2 aromatic rings. The van der Waals surface area contributed by atoms with E-state index in [1.807, 2.05) is 32.0 Å². The summed E-state index contributed by atoms with van der Waals surface area (Å²) in [5, 5.41) is 0. The van der Waals surface area contributed by atoms with Gasteiger partial charge in [-0.3, -0.25) is 4.98 Å². The standard InChI is InChI=1S/C15H15NO3/c1-9-4-5-12(16-10(9)2)11-6-14-15(19-8-18-14)7-13(11)17-3/h4-7H,8H2,1-3H3. The zero-order valence-electron chi connectivity index (χ0n) is 11.2. The highest BCUT2D eigenvalue weighted by Gasteiger charge is 2.19. The molecule has 4 nitrogen and oxygen atoms in total. The Morgan fingerprint density at radius 1 is 1.11 bits per heavy atom. The maximum Gasteiger partial charge on any atom is 0.231 e. The van der Waals surface area contributed by atoms with Crippen LogP contribution in [0.15, 0.2) is 24.3 Å². The third kappa shape index (κ3) is 1.99. The Hall–Kier alpha value is -2.23. The molecule has 98 valence electrons. The van der Waals surface area contributed by atoms with Crippen LogP contribution < -0.4 is 14.2 Å². The van der Waals surface area contributed by atoms with Crippen molar-refractivity contribution in [3.8, 4) is 28.5 Å². The zero-order chi connectivity index (χ0) is 13.4. The molecule has 1 aromatic carbocycles. The molecule has 0 spiro atoms. The molecule has 4 heteroatoms. The Morgan fingerprint density at radius 2 is 1.84 bits per heavy atom. The van der Waals surface area contributed by atoms with E-state index in [2.05, 4.69) is 11.1 Å². The van der Waals surface area contributed by atoms with E-state index >= 15 is 0 Å². The van der Waals surface area contributed by atoms with Crippen molar-refractivity contribution in [3.05, 3.63) is 35.5 Å². The van der Waals surface area contributed by atoms with E-state index in [0.29, 0.717) is 5.75 Å². The largest absolute Gasteiger partial charge is 0.496 e. The molecule has 1 aliphatic heterocycles. The summed E-state index contributed by atoms with van der Waals surface area (Å²) < 4.78 is 16.2. The number of rotatable bonds is 2. The van der Waals surface area contributed by atoms with Gasteiger partial charge in [0.1, 0.15) is 5.75 Å². The van der Waals surface area contributed by atoms with Crippen LogP contribution in [0.5, 0.6) is 17.2 Å².